The Bertz CT molecular complexity index is 2550. The summed E-state index contributed by atoms with van der Waals surface area (Å²) in [6, 6.07) is 30.4. The molecule has 9 rings (SSSR count). The Morgan fingerprint density at radius 2 is 0.877 bits per heavy atom. The Hall–Kier alpha value is -0.446. The Kier molecular flexibility index (Phi) is 22.8. The van der Waals surface area contributed by atoms with Gasteiger partial charge in [-0.05, 0) is 136 Å². The van der Waals surface area contributed by atoms with Gasteiger partial charge in [0.2, 0.25) is 29.7 Å². The predicted octanol–water partition coefficient (Wildman–Crippen LogP) is 6.13. The van der Waals surface area contributed by atoms with Gasteiger partial charge < -0.3 is 11.5 Å². The summed E-state index contributed by atoms with van der Waals surface area (Å²) in [5.74, 6) is -4.51. The van der Waals surface area contributed by atoms with Gasteiger partial charge in [0.25, 0.3) is 0 Å². The van der Waals surface area contributed by atoms with Crippen LogP contribution in [-0.4, -0.2) is 115 Å². The number of hydrogen-bond acceptors (Lipinski definition) is 9. The minimum atomic E-state index is -1.78. The van der Waals surface area contributed by atoms with Crippen LogP contribution in [0.1, 0.15) is 75.6 Å². The second-order valence-corrected chi connectivity index (χ2v) is 16.4. The molecule has 2 aliphatic rings. The Balaban J connectivity index is 0.000000243. The van der Waals surface area contributed by atoms with Gasteiger partial charge in [-0.2, -0.15) is 31.9 Å². The number of nitrogens with zero attached hydrogens (tertiary/aromatic N) is 7. The molecular formula is C45H38BBr2F5K3N7O2. The third kappa shape index (κ3) is 14.1. The van der Waals surface area contributed by atoms with Crippen molar-refractivity contribution in [2.45, 2.75) is 62.2 Å². The molecule has 20 heteroatoms. The van der Waals surface area contributed by atoms with E-state index >= 15 is 0 Å². The van der Waals surface area contributed by atoms with Crippen molar-refractivity contribution in [2.75, 3.05) is 0 Å². The number of hydrogen-bond donors (Lipinski definition) is 2. The van der Waals surface area contributed by atoms with Crippen molar-refractivity contribution in [1.82, 2.24) is 34.9 Å². The van der Waals surface area contributed by atoms with Gasteiger partial charge in [0.05, 0.1) is 56.1 Å². The van der Waals surface area contributed by atoms with E-state index in [1.807, 2.05) is 24.3 Å². The molecule has 2 aliphatic carbocycles. The van der Waals surface area contributed by atoms with E-state index in [0.29, 0.717) is 22.8 Å². The van der Waals surface area contributed by atoms with Crippen molar-refractivity contribution >= 4 is 108 Å². The van der Waals surface area contributed by atoms with Crippen LogP contribution in [-0.2, 0) is 10.8 Å². The summed E-state index contributed by atoms with van der Waals surface area (Å²) in [6.45, 7) is 0. The van der Waals surface area contributed by atoms with Crippen molar-refractivity contribution in [2.24, 2.45) is 0 Å². The van der Waals surface area contributed by atoms with E-state index in [0.717, 1.165) is 71.3 Å². The number of pyridine rings is 7. The monoisotopic (exact) mass is 1090 g/mol. The fourth-order valence-electron chi connectivity index (χ4n) is 8.09. The molecule has 65 heavy (non-hydrogen) atoms. The van der Waals surface area contributed by atoms with Crippen LogP contribution in [0.15, 0.2) is 125 Å². The van der Waals surface area contributed by atoms with Crippen LogP contribution >= 0.6 is 31.9 Å². The molecule has 0 unspecified atom stereocenters. The standard InChI is InChI=1S/C25H18F4N4.C15H14Br2N2.C5H5BFNO2.3K.H/c26-21-11-9-15(23(28)32-21)17-5-3-7-19(30-17)25(13-1-2-14-25)20-8-4-6-18(31-20)16-10-12-22(27)33-24(16)29;16-13-7-3-5-11(18-13)15(9-1-2-10-15)12-6-4-8-14(17)19-12;7-5-4(6(9)10)2-1-3-8-5;;;;/h3-12H,1-2,13-14H2;3-8H,1-2,9-10H2;1-3,9-10H;;;;/q;;;;;+1;-1. The second-order valence-electron chi connectivity index (χ2n) is 14.8. The minimum absolute atomic E-state index is 0. The molecule has 0 bridgehead atoms. The molecule has 0 atom stereocenters. The van der Waals surface area contributed by atoms with Crippen molar-refractivity contribution in [1.29, 1.82) is 0 Å². The summed E-state index contributed by atoms with van der Waals surface area (Å²) in [5, 5.41) is 17.0. The van der Waals surface area contributed by atoms with Crippen LogP contribution in [0, 0.1) is 29.7 Å². The van der Waals surface area contributed by atoms with Crippen LogP contribution in [0.4, 0.5) is 22.0 Å². The fourth-order valence-corrected chi connectivity index (χ4v) is 8.78. The van der Waals surface area contributed by atoms with Gasteiger partial charge in [0.15, 0.2) is 0 Å². The van der Waals surface area contributed by atoms with Crippen LogP contribution in [0.3, 0.4) is 0 Å². The van der Waals surface area contributed by atoms with Crippen LogP contribution < -0.4 is 56.8 Å². The normalized spacial score (nSPS) is 14.4. The van der Waals surface area contributed by atoms with Gasteiger partial charge in [-0.3, -0.25) is 9.97 Å². The first-order valence-corrected chi connectivity index (χ1v) is 38.3. The second kappa shape index (κ2) is 26.7. The van der Waals surface area contributed by atoms with Crippen LogP contribution in [0.2, 0.25) is 0 Å². The predicted molar refractivity (Wildman–Crippen MR) is 244 cm³/mol. The molecule has 9 nitrogen and oxygen atoms in total. The summed E-state index contributed by atoms with van der Waals surface area (Å²) in [7, 11) is -1.78. The SMILES string of the molecule is Brc1cccc(C2(c3cccc(Br)n3)CCCC2)n1.Fc1ccc(-c2cccc(C3(c4cccc(-c5ccc(F)nc5F)n4)CCCC3)n2)c(F)n1.OB(O)c1cccnc1F.[H-].[K+].[K][K]. The zero-order chi connectivity index (χ0) is 45.9. The third-order valence-electron chi connectivity index (χ3n) is 11.1. The topological polar surface area (TPSA) is 131 Å². The van der Waals surface area contributed by atoms with E-state index in [4.69, 9.17) is 30.0 Å². The Morgan fingerprint density at radius 1 is 0.492 bits per heavy atom. The van der Waals surface area contributed by atoms with Gasteiger partial charge >= 0.3 is 122 Å². The van der Waals surface area contributed by atoms with Crippen molar-refractivity contribution in [3.63, 3.8) is 0 Å². The average Bonchev–Trinajstić information content (AvgIpc) is 4.01. The molecule has 7 aromatic rings. The summed E-state index contributed by atoms with van der Waals surface area (Å²) in [6.07, 6.45) is 9.36. The first-order chi connectivity index (χ1) is 30.9. The molecule has 0 saturated heterocycles. The van der Waals surface area contributed by atoms with Crippen molar-refractivity contribution < 1.29 is 84.8 Å². The summed E-state index contributed by atoms with van der Waals surface area (Å²) in [5.41, 5.74) is 3.76. The molecule has 0 aromatic carbocycles. The summed E-state index contributed by atoms with van der Waals surface area (Å²) >= 11 is 9.46. The van der Waals surface area contributed by atoms with Gasteiger partial charge in [-0.1, -0.05) is 56.0 Å². The van der Waals surface area contributed by atoms with E-state index in [1.54, 1.807) is 24.3 Å². The molecule has 0 spiro atoms. The molecule has 2 saturated carbocycles. The van der Waals surface area contributed by atoms with Gasteiger partial charge in [-0.15, -0.1) is 0 Å². The summed E-state index contributed by atoms with van der Waals surface area (Å²) < 4.78 is 69.3. The number of halogens is 7. The van der Waals surface area contributed by atoms with Crippen LogP contribution in [0.25, 0.3) is 22.5 Å². The molecular weight excluding hydrogens is 1050 g/mol. The van der Waals surface area contributed by atoms with Gasteiger partial charge in [0.1, 0.15) is 9.21 Å². The van der Waals surface area contributed by atoms with E-state index < -0.39 is 42.3 Å². The van der Waals surface area contributed by atoms with Gasteiger partial charge in [-0.25, -0.2) is 15.0 Å². The van der Waals surface area contributed by atoms with Crippen molar-refractivity contribution in [3.05, 3.63) is 177 Å². The molecule has 0 amide bonds. The molecule has 2 fully saturated rings. The first-order valence-electron chi connectivity index (χ1n) is 20.7. The Labute approximate surface area is 480 Å². The Morgan fingerprint density at radius 3 is 1.22 bits per heavy atom. The zero-order valence-corrected chi connectivity index (χ0v) is 48.4. The van der Waals surface area contributed by atoms with E-state index in [2.05, 4.69) is 71.1 Å². The quantitative estimate of drug-likeness (QED) is 0.110. The first kappa shape index (κ1) is 55.5. The number of rotatable bonds is 7. The van der Waals surface area contributed by atoms with E-state index in [-0.39, 0.29) is 74.8 Å². The van der Waals surface area contributed by atoms with E-state index in [9.17, 15) is 22.0 Å². The maximum absolute atomic E-state index is 14.3. The average molecular weight is 1090 g/mol. The molecule has 2 N–H and O–H groups in total. The molecule has 0 aliphatic heterocycles. The zero-order valence-electron chi connectivity index (χ0n) is 36.9. The third-order valence-corrected chi connectivity index (χ3v) is 11.9. The molecule has 320 valence electrons. The van der Waals surface area contributed by atoms with Crippen LogP contribution in [0.5, 0.6) is 0 Å². The van der Waals surface area contributed by atoms with Gasteiger partial charge in [0, 0.05) is 11.7 Å². The number of aromatic nitrogens is 7. The molecule has 7 aromatic heterocycles. The molecule has 7 heterocycles. The fraction of sp³-hybridized carbons (Fsp3) is 0.222. The molecule has 0 radical (unpaired) electrons. The van der Waals surface area contributed by atoms with E-state index in [1.165, 1.54) is 106 Å². The summed E-state index contributed by atoms with van der Waals surface area (Å²) in [4.78, 5) is 28.6. The maximum atomic E-state index is 14.3. The van der Waals surface area contributed by atoms with Crippen molar-refractivity contribution in [3.8, 4) is 22.5 Å².